The number of carbonyl (C=O) groups excluding carboxylic acids is 1. The number of rotatable bonds is 7. The molecule has 0 fully saturated rings. The lowest BCUT2D eigenvalue weighted by molar-refractivity contribution is -0.126. The van der Waals surface area contributed by atoms with Crippen LogP contribution < -0.4 is 11.1 Å². The van der Waals surface area contributed by atoms with Crippen LogP contribution in [0, 0.1) is 0 Å². The summed E-state index contributed by atoms with van der Waals surface area (Å²) >= 11 is 0. The predicted molar refractivity (Wildman–Crippen MR) is 54.0 cm³/mol. The van der Waals surface area contributed by atoms with E-state index in [1.165, 1.54) is 0 Å². The van der Waals surface area contributed by atoms with E-state index in [1.807, 2.05) is 13.8 Å². The van der Waals surface area contributed by atoms with Gasteiger partial charge in [-0.25, -0.2) is 0 Å². The first-order valence-electron chi connectivity index (χ1n) is 4.58. The van der Waals surface area contributed by atoms with Crippen molar-refractivity contribution < 1.29 is 14.3 Å². The summed E-state index contributed by atoms with van der Waals surface area (Å²) in [5.41, 5.74) is 5.30. The number of methoxy groups -OCH3 is 1. The molecule has 0 bridgehead atoms. The lowest BCUT2D eigenvalue weighted by Gasteiger charge is -2.18. The molecule has 5 heteroatoms. The fourth-order valence-corrected chi connectivity index (χ4v) is 0.685. The van der Waals surface area contributed by atoms with Gasteiger partial charge in [-0.05, 0) is 13.8 Å². The minimum absolute atomic E-state index is 0.0550. The highest BCUT2D eigenvalue weighted by Crippen LogP contribution is 1.92. The Morgan fingerprint density at radius 2 is 2.07 bits per heavy atom. The predicted octanol–water partition coefficient (Wildman–Crippen LogP) is -0.497. The summed E-state index contributed by atoms with van der Waals surface area (Å²) in [4.78, 5) is 11.1. The molecule has 0 aromatic heterocycles. The minimum Gasteiger partial charge on any atom is -0.382 e. The van der Waals surface area contributed by atoms with Crippen molar-refractivity contribution in [3.05, 3.63) is 0 Å². The number of hydrogen-bond donors (Lipinski definition) is 2. The Morgan fingerprint density at radius 1 is 1.43 bits per heavy atom. The van der Waals surface area contributed by atoms with Crippen LogP contribution in [0.1, 0.15) is 13.8 Å². The van der Waals surface area contributed by atoms with Crippen molar-refractivity contribution in [2.75, 3.05) is 33.5 Å². The molecule has 0 rings (SSSR count). The van der Waals surface area contributed by atoms with E-state index in [0.717, 1.165) is 0 Å². The van der Waals surface area contributed by atoms with Crippen molar-refractivity contribution in [1.82, 2.24) is 5.32 Å². The molecule has 0 saturated heterocycles. The summed E-state index contributed by atoms with van der Waals surface area (Å²) in [6.45, 7) is 5.11. The average molecular weight is 204 g/mol. The quantitative estimate of drug-likeness (QED) is 0.548. The van der Waals surface area contributed by atoms with Crippen LogP contribution in [0.2, 0.25) is 0 Å². The molecule has 0 saturated carbocycles. The molecule has 0 aliphatic rings. The van der Waals surface area contributed by atoms with E-state index in [0.29, 0.717) is 19.8 Å². The molecule has 0 spiro atoms. The van der Waals surface area contributed by atoms with E-state index < -0.39 is 0 Å². The standard InChI is InChI=1S/C9H20N2O3/c1-9(2,10)7-11-8(12)6-14-5-4-13-3/h4-7,10H2,1-3H3,(H,11,12). The van der Waals surface area contributed by atoms with Crippen LogP contribution >= 0.6 is 0 Å². The van der Waals surface area contributed by atoms with Crippen molar-refractivity contribution in [3.63, 3.8) is 0 Å². The zero-order valence-corrected chi connectivity index (χ0v) is 9.13. The van der Waals surface area contributed by atoms with E-state index in [4.69, 9.17) is 15.2 Å². The van der Waals surface area contributed by atoms with Crippen molar-refractivity contribution in [1.29, 1.82) is 0 Å². The van der Waals surface area contributed by atoms with Crippen LogP contribution in [0.15, 0.2) is 0 Å². The van der Waals surface area contributed by atoms with E-state index >= 15 is 0 Å². The van der Waals surface area contributed by atoms with E-state index in [-0.39, 0.29) is 18.1 Å². The normalized spacial score (nSPS) is 11.4. The molecule has 0 aromatic carbocycles. The van der Waals surface area contributed by atoms with Crippen LogP contribution in [0.3, 0.4) is 0 Å². The summed E-state index contributed by atoms with van der Waals surface area (Å²) in [5, 5.41) is 2.67. The molecule has 1 amide bonds. The number of hydrogen-bond acceptors (Lipinski definition) is 4. The number of ether oxygens (including phenoxy) is 2. The lowest BCUT2D eigenvalue weighted by Crippen LogP contribution is -2.46. The third-order valence-electron chi connectivity index (χ3n) is 1.41. The van der Waals surface area contributed by atoms with Gasteiger partial charge in [-0.15, -0.1) is 0 Å². The maximum absolute atomic E-state index is 11.1. The number of carbonyl (C=O) groups is 1. The Hall–Kier alpha value is -0.650. The highest BCUT2D eigenvalue weighted by molar-refractivity contribution is 5.77. The first-order valence-corrected chi connectivity index (χ1v) is 4.58. The van der Waals surface area contributed by atoms with Crippen LogP contribution in [0.5, 0.6) is 0 Å². The van der Waals surface area contributed by atoms with Gasteiger partial charge in [0.25, 0.3) is 0 Å². The van der Waals surface area contributed by atoms with Gasteiger partial charge in [0.05, 0.1) is 13.2 Å². The maximum atomic E-state index is 11.1. The summed E-state index contributed by atoms with van der Waals surface area (Å²) in [5.74, 6) is -0.153. The molecule has 0 aliphatic heterocycles. The molecule has 0 heterocycles. The molecule has 3 N–H and O–H groups in total. The summed E-state index contributed by atoms with van der Waals surface area (Å²) < 4.78 is 9.78. The van der Waals surface area contributed by atoms with Crippen molar-refractivity contribution in [2.45, 2.75) is 19.4 Å². The van der Waals surface area contributed by atoms with Crippen LogP contribution in [0.25, 0.3) is 0 Å². The molecule has 0 radical (unpaired) electrons. The Bertz CT molecular complexity index is 166. The highest BCUT2D eigenvalue weighted by atomic mass is 16.5. The lowest BCUT2D eigenvalue weighted by atomic mass is 10.1. The van der Waals surface area contributed by atoms with Gasteiger partial charge in [-0.1, -0.05) is 0 Å². The zero-order valence-electron chi connectivity index (χ0n) is 9.13. The molecular weight excluding hydrogens is 184 g/mol. The van der Waals surface area contributed by atoms with Crippen LogP contribution in [-0.4, -0.2) is 44.9 Å². The topological polar surface area (TPSA) is 73.6 Å². The van der Waals surface area contributed by atoms with Crippen LogP contribution in [-0.2, 0) is 14.3 Å². The van der Waals surface area contributed by atoms with Gasteiger partial charge in [-0.2, -0.15) is 0 Å². The second kappa shape index (κ2) is 6.75. The van der Waals surface area contributed by atoms with Gasteiger partial charge < -0.3 is 20.5 Å². The first-order chi connectivity index (χ1) is 6.45. The molecule has 0 aliphatic carbocycles. The third-order valence-corrected chi connectivity index (χ3v) is 1.41. The smallest absolute Gasteiger partial charge is 0.246 e. The molecular formula is C9H20N2O3. The van der Waals surface area contributed by atoms with Gasteiger partial charge in [0, 0.05) is 19.2 Å². The number of nitrogens with two attached hydrogens (primary N) is 1. The van der Waals surface area contributed by atoms with Crippen molar-refractivity contribution in [3.8, 4) is 0 Å². The first kappa shape index (κ1) is 13.4. The highest BCUT2D eigenvalue weighted by Gasteiger charge is 2.11. The summed E-state index contributed by atoms with van der Waals surface area (Å²) in [7, 11) is 1.58. The monoisotopic (exact) mass is 204 g/mol. The van der Waals surface area contributed by atoms with E-state index in [2.05, 4.69) is 5.32 Å². The fourth-order valence-electron chi connectivity index (χ4n) is 0.685. The Balaban J connectivity index is 3.38. The second-order valence-electron chi connectivity index (χ2n) is 3.81. The van der Waals surface area contributed by atoms with E-state index in [1.54, 1.807) is 7.11 Å². The zero-order chi connectivity index (χ0) is 11.0. The van der Waals surface area contributed by atoms with Gasteiger partial charge in [0.15, 0.2) is 0 Å². The molecule has 14 heavy (non-hydrogen) atoms. The Morgan fingerprint density at radius 3 is 2.57 bits per heavy atom. The van der Waals surface area contributed by atoms with Crippen molar-refractivity contribution in [2.24, 2.45) is 5.73 Å². The summed E-state index contributed by atoms with van der Waals surface area (Å²) in [6, 6.07) is 0. The summed E-state index contributed by atoms with van der Waals surface area (Å²) in [6.07, 6.45) is 0. The van der Waals surface area contributed by atoms with Gasteiger partial charge >= 0.3 is 0 Å². The third kappa shape index (κ3) is 9.44. The van der Waals surface area contributed by atoms with Gasteiger partial charge in [0.2, 0.25) is 5.91 Å². The van der Waals surface area contributed by atoms with Gasteiger partial charge in [0.1, 0.15) is 6.61 Å². The Kier molecular flexibility index (Phi) is 6.44. The number of nitrogens with one attached hydrogen (secondary N) is 1. The SMILES string of the molecule is COCCOCC(=O)NCC(C)(C)N. The average Bonchev–Trinajstić information content (AvgIpc) is 2.08. The molecule has 0 unspecified atom stereocenters. The molecule has 84 valence electrons. The van der Waals surface area contributed by atoms with Crippen molar-refractivity contribution >= 4 is 5.91 Å². The fraction of sp³-hybridized carbons (Fsp3) is 0.889. The molecule has 0 aromatic rings. The van der Waals surface area contributed by atoms with Crippen LogP contribution in [0.4, 0.5) is 0 Å². The largest absolute Gasteiger partial charge is 0.382 e. The molecule has 0 atom stereocenters. The Labute approximate surface area is 84.9 Å². The van der Waals surface area contributed by atoms with Gasteiger partial charge in [-0.3, -0.25) is 4.79 Å². The molecule has 5 nitrogen and oxygen atoms in total. The minimum atomic E-state index is -0.387. The number of amides is 1. The second-order valence-corrected chi connectivity index (χ2v) is 3.81. The van der Waals surface area contributed by atoms with E-state index in [9.17, 15) is 4.79 Å². The maximum Gasteiger partial charge on any atom is 0.246 e.